The molecule has 1 amide bonds. The van der Waals surface area contributed by atoms with Crippen LogP contribution in [0.15, 0.2) is 6.07 Å². The number of rotatable bonds is 2. The topological polar surface area (TPSA) is 64.2 Å². The van der Waals surface area contributed by atoms with Crippen LogP contribution >= 0.6 is 0 Å². The lowest BCUT2D eigenvalue weighted by Gasteiger charge is -2.16. The molecule has 1 aromatic rings. The number of carbonyl (C=O) groups excluding carboxylic acids is 1. The van der Waals surface area contributed by atoms with Crippen molar-refractivity contribution in [2.24, 2.45) is 5.73 Å². The van der Waals surface area contributed by atoms with Gasteiger partial charge in [0.2, 0.25) is 5.91 Å². The maximum Gasteiger partial charge on any atom is 0.244 e. The van der Waals surface area contributed by atoms with E-state index in [2.05, 4.69) is 5.10 Å². The monoisotopic (exact) mass is 222 g/mol. The van der Waals surface area contributed by atoms with Gasteiger partial charge in [0.1, 0.15) is 6.54 Å². The normalized spacial score (nSPS) is 20.4. The Morgan fingerprint density at radius 3 is 2.88 bits per heavy atom. The quantitative estimate of drug-likeness (QED) is 0.769. The van der Waals surface area contributed by atoms with Gasteiger partial charge in [0.25, 0.3) is 0 Å². The summed E-state index contributed by atoms with van der Waals surface area (Å²) in [7, 11) is 0. The zero-order valence-corrected chi connectivity index (χ0v) is 9.81. The Bertz CT molecular complexity index is 399. The molecule has 1 aliphatic rings. The molecule has 1 atom stereocenters. The fourth-order valence-corrected chi connectivity index (χ4v) is 2.08. The van der Waals surface area contributed by atoms with Crippen LogP contribution in [0.25, 0.3) is 0 Å². The molecule has 5 nitrogen and oxygen atoms in total. The van der Waals surface area contributed by atoms with Gasteiger partial charge in [-0.3, -0.25) is 9.48 Å². The van der Waals surface area contributed by atoms with Gasteiger partial charge in [0.15, 0.2) is 0 Å². The first-order valence-electron chi connectivity index (χ1n) is 5.60. The average Bonchev–Trinajstić information content (AvgIpc) is 2.74. The molecule has 2 heterocycles. The van der Waals surface area contributed by atoms with E-state index in [0.717, 1.165) is 24.4 Å². The molecule has 1 aromatic heterocycles. The van der Waals surface area contributed by atoms with Crippen LogP contribution in [0.2, 0.25) is 0 Å². The number of carbonyl (C=O) groups is 1. The van der Waals surface area contributed by atoms with Gasteiger partial charge in [-0.15, -0.1) is 0 Å². The molecule has 0 bridgehead atoms. The van der Waals surface area contributed by atoms with E-state index in [1.54, 1.807) is 4.68 Å². The van der Waals surface area contributed by atoms with Crippen LogP contribution in [0, 0.1) is 13.8 Å². The van der Waals surface area contributed by atoms with Gasteiger partial charge in [-0.25, -0.2) is 0 Å². The van der Waals surface area contributed by atoms with Gasteiger partial charge < -0.3 is 10.6 Å². The molecule has 1 aliphatic heterocycles. The van der Waals surface area contributed by atoms with E-state index in [0.29, 0.717) is 13.1 Å². The van der Waals surface area contributed by atoms with Crippen molar-refractivity contribution in [3.8, 4) is 0 Å². The van der Waals surface area contributed by atoms with E-state index >= 15 is 0 Å². The van der Waals surface area contributed by atoms with Crippen molar-refractivity contribution in [3.63, 3.8) is 0 Å². The van der Waals surface area contributed by atoms with Gasteiger partial charge >= 0.3 is 0 Å². The van der Waals surface area contributed by atoms with E-state index < -0.39 is 0 Å². The Kier molecular flexibility index (Phi) is 2.96. The second-order valence-electron chi connectivity index (χ2n) is 4.47. The van der Waals surface area contributed by atoms with Crippen LogP contribution in [0.1, 0.15) is 17.8 Å². The third kappa shape index (κ3) is 2.24. The molecule has 0 radical (unpaired) electrons. The molecule has 1 saturated heterocycles. The van der Waals surface area contributed by atoms with Gasteiger partial charge in [0.05, 0.1) is 5.69 Å². The molecule has 1 fully saturated rings. The first kappa shape index (κ1) is 11.1. The zero-order valence-electron chi connectivity index (χ0n) is 9.81. The number of aromatic nitrogens is 2. The zero-order chi connectivity index (χ0) is 11.7. The van der Waals surface area contributed by atoms with E-state index in [4.69, 9.17) is 5.73 Å². The fourth-order valence-electron chi connectivity index (χ4n) is 2.08. The lowest BCUT2D eigenvalue weighted by Crippen LogP contribution is -2.34. The summed E-state index contributed by atoms with van der Waals surface area (Å²) in [6.07, 6.45) is 0.906. The van der Waals surface area contributed by atoms with Crippen LogP contribution in [0.5, 0.6) is 0 Å². The summed E-state index contributed by atoms with van der Waals surface area (Å²) < 4.78 is 1.75. The van der Waals surface area contributed by atoms with Crippen molar-refractivity contribution in [1.29, 1.82) is 0 Å². The molecule has 16 heavy (non-hydrogen) atoms. The van der Waals surface area contributed by atoms with Crippen molar-refractivity contribution in [2.45, 2.75) is 32.9 Å². The van der Waals surface area contributed by atoms with Crippen LogP contribution in [-0.2, 0) is 11.3 Å². The van der Waals surface area contributed by atoms with Crippen molar-refractivity contribution in [1.82, 2.24) is 14.7 Å². The Morgan fingerprint density at radius 2 is 2.38 bits per heavy atom. The maximum atomic E-state index is 11.9. The molecule has 0 aliphatic carbocycles. The van der Waals surface area contributed by atoms with Crippen molar-refractivity contribution in [2.75, 3.05) is 13.1 Å². The van der Waals surface area contributed by atoms with Crippen LogP contribution in [0.3, 0.4) is 0 Å². The molecular formula is C11H18N4O. The third-order valence-corrected chi connectivity index (χ3v) is 2.97. The highest BCUT2D eigenvalue weighted by Gasteiger charge is 2.23. The molecule has 0 unspecified atom stereocenters. The molecule has 5 heteroatoms. The van der Waals surface area contributed by atoms with Gasteiger partial charge in [-0.05, 0) is 26.3 Å². The number of nitrogens with zero attached hydrogens (tertiary/aromatic N) is 3. The molecule has 2 N–H and O–H groups in total. The van der Waals surface area contributed by atoms with Crippen molar-refractivity contribution >= 4 is 5.91 Å². The lowest BCUT2D eigenvalue weighted by molar-refractivity contribution is -0.131. The Labute approximate surface area is 95.2 Å². The molecule has 0 spiro atoms. The molecule has 2 rings (SSSR count). The van der Waals surface area contributed by atoms with E-state index in [1.165, 1.54) is 0 Å². The van der Waals surface area contributed by atoms with Gasteiger partial charge in [0, 0.05) is 24.8 Å². The minimum Gasteiger partial charge on any atom is -0.339 e. The number of hydrogen-bond acceptors (Lipinski definition) is 3. The summed E-state index contributed by atoms with van der Waals surface area (Å²) in [4.78, 5) is 13.8. The van der Waals surface area contributed by atoms with Gasteiger partial charge in [-0.1, -0.05) is 0 Å². The van der Waals surface area contributed by atoms with Gasteiger partial charge in [-0.2, -0.15) is 5.10 Å². The van der Waals surface area contributed by atoms with Crippen LogP contribution in [-0.4, -0.2) is 39.7 Å². The SMILES string of the molecule is Cc1cc(C)n(CC(=O)N2CC[C@@H](N)C2)n1. The predicted octanol–water partition coefficient (Wildman–Crippen LogP) is 0.0595. The smallest absolute Gasteiger partial charge is 0.244 e. The summed E-state index contributed by atoms with van der Waals surface area (Å²) in [6, 6.07) is 2.12. The second kappa shape index (κ2) is 4.25. The molecule has 0 saturated carbocycles. The van der Waals surface area contributed by atoms with E-state index in [9.17, 15) is 4.79 Å². The summed E-state index contributed by atoms with van der Waals surface area (Å²) >= 11 is 0. The Morgan fingerprint density at radius 1 is 1.62 bits per heavy atom. The summed E-state index contributed by atoms with van der Waals surface area (Å²) in [5, 5.41) is 4.28. The molecule has 0 aromatic carbocycles. The molecular weight excluding hydrogens is 204 g/mol. The first-order valence-corrected chi connectivity index (χ1v) is 5.60. The van der Waals surface area contributed by atoms with Crippen LogP contribution in [0.4, 0.5) is 0 Å². The largest absolute Gasteiger partial charge is 0.339 e. The van der Waals surface area contributed by atoms with Crippen molar-refractivity contribution in [3.05, 3.63) is 17.5 Å². The Hall–Kier alpha value is -1.36. The highest BCUT2D eigenvalue weighted by atomic mass is 16.2. The van der Waals surface area contributed by atoms with Crippen molar-refractivity contribution < 1.29 is 4.79 Å². The number of nitrogens with two attached hydrogens (primary N) is 1. The second-order valence-corrected chi connectivity index (χ2v) is 4.47. The first-order chi connectivity index (χ1) is 7.56. The van der Waals surface area contributed by atoms with E-state index in [1.807, 2.05) is 24.8 Å². The maximum absolute atomic E-state index is 11.9. The Balaban J connectivity index is 1.99. The predicted molar refractivity (Wildman–Crippen MR) is 60.9 cm³/mol. The lowest BCUT2D eigenvalue weighted by atomic mass is 10.3. The third-order valence-electron chi connectivity index (χ3n) is 2.97. The summed E-state index contributed by atoms with van der Waals surface area (Å²) in [5.41, 5.74) is 7.74. The average molecular weight is 222 g/mol. The van der Waals surface area contributed by atoms with Crippen LogP contribution < -0.4 is 5.73 Å². The highest BCUT2D eigenvalue weighted by Crippen LogP contribution is 2.09. The highest BCUT2D eigenvalue weighted by molar-refractivity contribution is 5.76. The summed E-state index contributed by atoms with van der Waals surface area (Å²) in [5.74, 6) is 0.110. The number of amides is 1. The summed E-state index contributed by atoms with van der Waals surface area (Å²) in [6.45, 7) is 5.67. The standard InChI is InChI=1S/C11H18N4O/c1-8-5-9(2)15(13-8)7-11(16)14-4-3-10(12)6-14/h5,10H,3-4,6-7,12H2,1-2H3/t10-/m1/s1. The number of aryl methyl sites for hydroxylation is 2. The minimum atomic E-state index is 0.110. The number of hydrogen-bond donors (Lipinski definition) is 1. The molecule has 88 valence electrons. The van der Waals surface area contributed by atoms with E-state index in [-0.39, 0.29) is 11.9 Å². The minimum absolute atomic E-state index is 0.110. The fraction of sp³-hybridized carbons (Fsp3) is 0.636. The number of likely N-dealkylation sites (tertiary alicyclic amines) is 1.